The lowest BCUT2D eigenvalue weighted by Crippen LogP contribution is -3.13. The Balaban J connectivity index is 1.83. The smallest absolute Gasteiger partial charge is 0.150 e. The fraction of sp³-hybridized carbons (Fsp3) is 0.400. The van der Waals surface area contributed by atoms with E-state index >= 15 is 0 Å². The normalized spacial score (nSPS) is 23.2. The molecular formula is C20H25N2S+. The number of quaternary nitrogens is 1. The highest BCUT2D eigenvalue weighted by Gasteiger charge is 2.33. The molecule has 1 saturated heterocycles. The van der Waals surface area contributed by atoms with Crippen LogP contribution in [0.15, 0.2) is 41.8 Å². The van der Waals surface area contributed by atoms with E-state index in [1.165, 1.54) is 53.0 Å². The van der Waals surface area contributed by atoms with Gasteiger partial charge < -0.3 is 9.88 Å². The van der Waals surface area contributed by atoms with Crippen LogP contribution in [0.2, 0.25) is 0 Å². The zero-order chi connectivity index (χ0) is 15.8. The first-order valence-electron chi connectivity index (χ1n) is 8.69. The highest BCUT2D eigenvalue weighted by Crippen LogP contribution is 2.32. The summed E-state index contributed by atoms with van der Waals surface area (Å²) in [6.45, 7) is 7.20. The van der Waals surface area contributed by atoms with Crippen molar-refractivity contribution in [1.82, 2.24) is 4.98 Å². The summed E-state index contributed by atoms with van der Waals surface area (Å²) in [5, 5.41) is 3.62. The molecule has 0 unspecified atom stereocenters. The van der Waals surface area contributed by atoms with Crippen molar-refractivity contribution < 1.29 is 4.90 Å². The summed E-state index contributed by atoms with van der Waals surface area (Å²) in [7, 11) is 0. The number of hydrogen-bond acceptors (Lipinski definition) is 1. The lowest BCUT2D eigenvalue weighted by molar-refractivity contribution is -0.931. The quantitative estimate of drug-likeness (QED) is 0.727. The Labute approximate surface area is 142 Å². The molecule has 2 aromatic heterocycles. The zero-order valence-corrected chi connectivity index (χ0v) is 14.7. The highest BCUT2D eigenvalue weighted by molar-refractivity contribution is 7.10. The van der Waals surface area contributed by atoms with Gasteiger partial charge in [0.2, 0.25) is 0 Å². The molecule has 120 valence electrons. The van der Waals surface area contributed by atoms with Crippen LogP contribution < -0.4 is 4.90 Å². The van der Waals surface area contributed by atoms with Gasteiger partial charge in [0.05, 0.1) is 18.0 Å². The Morgan fingerprint density at radius 2 is 1.91 bits per heavy atom. The number of aromatic amines is 1. The van der Waals surface area contributed by atoms with Crippen LogP contribution >= 0.6 is 11.3 Å². The van der Waals surface area contributed by atoms with Crippen LogP contribution in [0.3, 0.4) is 0 Å². The maximum atomic E-state index is 3.61. The number of aromatic nitrogens is 1. The first-order chi connectivity index (χ1) is 11.2. The number of H-pyrrole nitrogens is 1. The second kappa shape index (κ2) is 6.14. The molecule has 0 bridgehead atoms. The van der Waals surface area contributed by atoms with Crippen LogP contribution in [0.4, 0.5) is 0 Å². The minimum atomic E-state index is 0.471. The summed E-state index contributed by atoms with van der Waals surface area (Å²) in [6, 6.07) is 13.8. The molecule has 0 radical (unpaired) electrons. The van der Waals surface area contributed by atoms with Gasteiger partial charge in [0.25, 0.3) is 0 Å². The predicted molar refractivity (Wildman–Crippen MR) is 98.3 cm³/mol. The van der Waals surface area contributed by atoms with E-state index in [9.17, 15) is 0 Å². The number of fused-ring (bicyclic) bond motifs is 1. The number of hydrogen-bond donors (Lipinski definition) is 2. The lowest BCUT2D eigenvalue weighted by atomic mass is 9.94. The third-order valence-electron chi connectivity index (χ3n) is 5.38. The van der Waals surface area contributed by atoms with Crippen LogP contribution in [-0.2, 0) is 0 Å². The van der Waals surface area contributed by atoms with Crippen molar-refractivity contribution in [1.29, 1.82) is 0 Å². The van der Waals surface area contributed by atoms with E-state index in [4.69, 9.17) is 0 Å². The molecule has 0 spiro atoms. The number of para-hydroxylation sites is 1. The lowest BCUT2D eigenvalue weighted by Gasteiger charge is -2.33. The van der Waals surface area contributed by atoms with Gasteiger partial charge in [0, 0.05) is 22.2 Å². The summed E-state index contributed by atoms with van der Waals surface area (Å²) in [5.41, 5.74) is 4.11. The van der Waals surface area contributed by atoms with Gasteiger partial charge in [-0.3, -0.25) is 0 Å². The Morgan fingerprint density at radius 1 is 1.13 bits per heavy atom. The van der Waals surface area contributed by atoms with Crippen LogP contribution in [0, 0.1) is 12.8 Å². The first-order valence-corrected chi connectivity index (χ1v) is 9.57. The van der Waals surface area contributed by atoms with Gasteiger partial charge in [-0.25, -0.2) is 0 Å². The third-order valence-corrected chi connectivity index (χ3v) is 6.32. The number of thiophene rings is 1. The summed E-state index contributed by atoms with van der Waals surface area (Å²) in [5.74, 6) is 0.881. The molecule has 3 aromatic rings. The van der Waals surface area contributed by atoms with Gasteiger partial charge in [0.1, 0.15) is 0 Å². The minimum Gasteiger partial charge on any atom is -0.358 e. The van der Waals surface area contributed by atoms with Crippen molar-refractivity contribution in [3.05, 3.63) is 57.9 Å². The molecular weight excluding hydrogens is 300 g/mol. The standard InChI is InChI=1S/C20H24N2S/c1-14-9-11-22(12-10-14)20(18-8-5-13-23-18)19-15(2)21-17-7-4-3-6-16(17)19/h3-8,13-14,20-21H,9-12H2,1-2H3/p+1/t20-/m1/s1. The van der Waals surface area contributed by atoms with Crippen LogP contribution in [0.25, 0.3) is 10.9 Å². The predicted octanol–water partition coefficient (Wildman–Crippen LogP) is 3.94. The van der Waals surface area contributed by atoms with E-state index in [0.717, 1.165) is 5.92 Å². The summed E-state index contributed by atoms with van der Waals surface area (Å²) in [4.78, 5) is 6.85. The molecule has 23 heavy (non-hydrogen) atoms. The number of benzene rings is 1. The molecule has 3 heterocycles. The molecule has 0 amide bonds. The molecule has 1 aliphatic rings. The largest absolute Gasteiger partial charge is 0.358 e. The Hall–Kier alpha value is -1.58. The third kappa shape index (κ3) is 2.73. The van der Waals surface area contributed by atoms with E-state index in [-0.39, 0.29) is 0 Å². The van der Waals surface area contributed by atoms with Crippen LogP contribution in [-0.4, -0.2) is 18.1 Å². The maximum absolute atomic E-state index is 3.61. The van der Waals surface area contributed by atoms with Crippen molar-refractivity contribution in [2.24, 2.45) is 5.92 Å². The first kappa shape index (κ1) is 15.0. The van der Waals surface area contributed by atoms with E-state index in [2.05, 4.69) is 60.6 Å². The van der Waals surface area contributed by atoms with Gasteiger partial charge in [-0.2, -0.15) is 0 Å². The number of nitrogens with one attached hydrogen (secondary N) is 2. The Morgan fingerprint density at radius 3 is 2.65 bits per heavy atom. The van der Waals surface area contributed by atoms with Gasteiger partial charge in [0.15, 0.2) is 6.04 Å². The topological polar surface area (TPSA) is 20.2 Å². The van der Waals surface area contributed by atoms with Gasteiger partial charge in [-0.1, -0.05) is 31.2 Å². The van der Waals surface area contributed by atoms with Crippen molar-refractivity contribution >= 4 is 22.2 Å². The molecule has 1 fully saturated rings. The fourth-order valence-electron chi connectivity index (χ4n) is 4.10. The Kier molecular flexibility index (Phi) is 4.00. The van der Waals surface area contributed by atoms with E-state index in [1.54, 1.807) is 4.90 Å². The second-order valence-electron chi connectivity index (χ2n) is 7.00. The number of likely N-dealkylation sites (tertiary alicyclic amines) is 1. The molecule has 1 atom stereocenters. The molecule has 2 N–H and O–H groups in total. The zero-order valence-electron chi connectivity index (χ0n) is 13.9. The average molecular weight is 326 g/mol. The molecule has 2 nitrogen and oxygen atoms in total. The highest BCUT2D eigenvalue weighted by atomic mass is 32.1. The average Bonchev–Trinajstić information content (AvgIpc) is 3.18. The van der Waals surface area contributed by atoms with Gasteiger partial charge in [-0.15, -0.1) is 11.3 Å². The number of piperidine rings is 1. The van der Waals surface area contributed by atoms with E-state index < -0.39 is 0 Å². The molecule has 1 aromatic carbocycles. The second-order valence-corrected chi connectivity index (χ2v) is 7.98. The Bertz CT molecular complexity index is 779. The van der Waals surface area contributed by atoms with Crippen molar-refractivity contribution in [2.45, 2.75) is 32.7 Å². The number of rotatable bonds is 3. The molecule has 0 saturated carbocycles. The van der Waals surface area contributed by atoms with Gasteiger partial charge >= 0.3 is 0 Å². The van der Waals surface area contributed by atoms with E-state index in [1.807, 2.05) is 11.3 Å². The maximum Gasteiger partial charge on any atom is 0.150 e. The fourth-order valence-corrected chi connectivity index (χ4v) is 4.99. The molecule has 4 rings (SSSR count). The minimum absolute atomic E-state index is 0.471. The number of aryl methyl sites for hydroxylation is 1. The molecule has 3 heteroatoms. The molecule has 0 aliphatic carbocycles. The monoisotopic (exact) mass is 325 g/mol. The summed E-state index contributed by atoms with van der Waals surface area (Å²) >= 11 is 1.91. The van der Waals surface area contributed by atoms with Gasteiger partial charge in [-0.05, 0) is 43.2 Å². The SMILES string of the molecule is Cc1[nH]c2ccccc2c1[C@@H](c1cccs1)[NH+]1CCC(C)CC1. The van der Waals surface area contributed by atoms with Crippen molar-refractivity contribution in [3.63, 3.8) is 0 Å². The summed E-state index contributed by atoms with van der Waals surface area (Å²) in [6.07, 6.45) is 2.69. The van der Waals surface area contributed by atoms with Crippen molar-refractivity contribution in [3.8, 4) is 0 Å². The van der Waals surface area contributed by atoms with Crippen LogP contribution in [0.1, 0.15) is 41.9 Å². The van der Waals surface area contributed by atoms with E-state index in [0.29, 0.717) is 6.04 Å². The van der Waals surface area contributed by atoms with Crippen molar-refractivity contribution in [2.75, 3.05) is 13.1 Å². The summed E-state index contributed by atoms with van der Waals surface area (Å²) < 4.78 is 0. The molecule has 1 aliphatic heterocycles. The van der Waals surface area contributed by atoms with Crippen LogP contribution in [0.5, 0.6) is 0 Å².